The van der Waals surface area contributed by atoms with Gasteiger partial charge in [-0.15, -0.1) is 6.58 Å². The fourth-order valence-electron chi connectivity index (χ4n) is 4.16. The van der Waals surface area contributed by atoms with Crippen LogP contribution in [0, 0.1) is 0 Å². The summed E-state index contributed by atoms with van der Waals surface area (Å²) in [5.74, 6) is 1.22. The number of nitrogens with zero attached hydrogens (tertiary/aromatic N) is 3. The lowest BCUT2D eigenvalue weighted by atomic mass is 9.76. The van der Waals surface area contributed by atoms with Crippen molar-refractivity contribution in [2.75, 3.05) is 17.2 Å². The number of hydrogen-bond donors (Lipinski definition) is 3. The van der Waals surface area contributed by atoms with Gasteiger partial charge in [0.2, 0.25) is 11.9 Å². The van der Waals surface area contributed by atoms with E-state index in [1.165, 1.54) is 32.1 Å². The minimum absolute atomic E-state index is 0.0897. The zero-order chi connectivity index (χ0) is 19.0. The van der Waals surface area contributed by atoms with Gasteiger partial charge in [-0.2, -0.15) is 4.98 Å². The first-order valence-electron chi connectivity index (χ1n) is 9.95. The van der Waals surface area contributed by atoms with E-state index in [0.717, 1.165) is 12.8 Å². The normalized spacial score (nSPS) is 24.8. The highest BCUT2D eigenvalue weighted by Crippen LogP contribution is 2.33. The number of aromatic nitrogens is 3. The van der Waals surface area contributed by atoms with Crippen LogP contribution in [0.4, 0.5) is 11.9 Å². The van der Waals surface area contributed by atoms with E-state index in [1.807, 2.05) is 0 Å². The molecule has 2 unspecified atom stereocenters. The predicted octanol–water partition coefficient (Wildman–Crippen LogP) is 4.14. The topological polar surface area (TPSA) is 74.8 Å². The van der Waals surface area contributed by atoms with Crippen LogP contribution in [0.15, 0.2) is 19.0 Å². The molecule has 1 fully saturated rings. The summed E-state index contributed by atoms with van der Waals surface area (Å²) in [4.78, 5) is 12.9. The summed E-state index contributed by atoms with van der Waals surface area (Å²) in [5, 5.41) is 10.5. The molecule has 1 aromatic rings. The first-order chi connectivity index (χ1) is 12.4. The van der Waals surface area contributed by atoms with Crippen LogP contribution in [0.3, 0.4) is 0 Å². The number of piperidine rings is 1. The van der Waals surface area contributed by atoms with E-state index in [0.29, 0.717) is 24.5 Å². The lowest BCUT2D eigenvalue weighted by molar-refractivity contribution is 0.144. The molecule has 0 aliphatic carbocycles. The predicted molar refractivity (Wildman–Crippen MR) is 110 cm³/mol. The molecule has 26 heavy (non-hydrogen) atoms. The molecule has 6 heteroatoms. The monoisotopic (exact) mass is 360 g/mol. The Balaban J connectivity index is 2.00. The average Bonchev–Trinajstić information content (AvgIpc) is 2.55. The minimum atomic E-state index is 0.0897. The molecule has 146 valence electrons. The van der Waals surface area contributed by atoms with Gasteiger partial charge in [-0.1, -0.05) is 38.7 Å². The summed E-state index contributed by atoms with van der Waals surface area (Å²) in [7, 11) is 0. The van der Waals surface area contributed by atoms with Crippen LogP contribution in [0.5, 0.6) is 0 Å². The molecule has 0 aromatic carbocycles. The van der Waals surface area contributed by atoms with Gasteiger partial charge in [0.15, 0.2) is 0 Å². The van der Waals surface area contributed by atoms with Crippen LogP contribution in [0.2, 0.25) is 0 Å². The lowest BCUT2D eigenvalue weighted by Gasteiger charge is -2.48. The summed E-state index contributed by atoms with van der Waals surface area (Å²) in [6.07, 6.45) is 11.9. The minimum Gasteiger partial charge on any atom is -0.351 e. The molecule has 2 atom stereocenters. The first-order valence-corrected chi connectivity index (χ1v) is 9.95. The summed E-state index contributed by atoms with van der Waals surface area (Å²) in [6, 6.07) is 0.345. The highest BCUT2D eigenvalue weighted by molar-refractivity contribution is 5.34. The molecule has 1 aliphatic rings. The Bertz CT molecular complexity index is 573. The lowest BCUT2D eigenvalue weighted by Crippen LogP contribution is -2.61. The van der Waals surface area contributed by atoms with Crippen molar-refractivity contribution < 1.29 is 0 Å². The molecule has 0 bridgehead atoms. The van der Waals surface area contributed by atoms with Gasteiger partial charge >= 0.3 is 0 Å². The van der Waals surface area contributed by atoms with E-state index in [1.54, 1.807) is 12.4 Å². The molecular formula is C20H36N6. The summed E-state index contributed by atoms with van der Waals surface area (Å²) >= 11 is 0. The van der Waals surface area contributed by atoms with Gasteiger partial charge in [0.05, 0.1) is 0 Å². The van der Waals surface area contributed by atoms with Crippen molar-refractivity contribution in [2.24, 2.45) is 0 Å². The molecule has 1 aromatic heterocycles. The zero-order valence-corrected chi connectivity index (χ0v) is 16.9. The van der Waals surface area contributed by atoms with E-state index >= 15 is 0 Å². The second kappa shape index (κ2) is 9.31. The van der Waals surface area contributed by atoms with Crippen LogP contribution < -0.4 is 16.0 Å². The average molecular weight is 361 g/mol. The van der Waals surface area contributed by atoms with E-state index in [2.05, 4.69) is 65.2 Å². The number of unbranched alkanes of at least 4 members (excludes halogenated alkanes) is 3. The molecule has 6 nitrogen and oxygen atoms in total. The van der Waals surface area contributed by atoms with Crippen molar-refractivity contribution in [3.8, 4) is 0 Å². The number of hydrogen-bond acceptors (Lipinski definition) is 6. The highest BCUT2D eigenvalue weighted by atomic mass is 15.2. The van der Waals surface area contributed by atoms with Crippen molar-refractivity contribution in [3.05, 3.63) is 19.0 Å². The fraction of sp³-hybridized carbons (Fsp3) is 0.750. The summed E-state index contributed by atoms with van der Waals surface area (Å²) < 4.78 is 0. The maximum Gasteiger partial charge on any atom is 0.227 e. The Kier molecular flexibility index (Phi) is 7.38. The van der Waals surface area contributed by atoms with Crippen molar-refractivity contribution in [3.63, 3.8) is 0 Å². The second-order valence-corrected chi connectivity index (χ2v) is 8.43. The van der Waals surface area contributed by atoms with Gasteiger partial charge in [-0.05, 0) is 40.0 Å². The SMILES string of the molecule is C=CCNc1ncnc(NC2CC(C)(C)NC(C)(CCCCCC)C2)n1. The molecule has 0 amide bonds. The first kappa shape index (κ1) is 20.6. The van der Waals surface area contributed by atoms with E-state index in [9.17, 15) is 0 Å². The Morgan fingerprint density at radius 3 is 2.69 bits per heavy atom. The molecule has 2 rings (SSSR count). The van der Waals surface area contributed by atoms with Gasteiger partial charge < -0.3 is 16.0 Å². The number of anilines is 2. The summed E-state index contributed by atoms with van der Waals surface area (Å²) in [6.45, 7) is 13.5. The molecule has 0 saturated carbocycles. The number of rotatable bonds is 10. The van der Waals surface area contributed by atoms with Gasteiger partial charge in [0.25, 0.3) is 0 Å². The van der Waals surface area contributed by atoms with Crippen molar-refractivity contribution >= 4 is 11.9 Å². The standard InChI is InChI=1S/C20H36N6/c1-6-8-9-10-11-20(5)14-16(13-19(3,4)26-20)24-18-23-15-22-17(25-18)21-12-7-2/h7,15-16,26H,2,6,8-14H2,1,3-5H3,(H2,21,22,23,24,25). The van der Waals surface area contributed by atoms with Gasteiger partial charge in [0.1, 0.15) is 6.33 Å². The van der Waals surface area contributed by atoms with Crippen molar-refractivity contribution in [2.45, 2.75) is 89.8 Å². The quantitative estimate of drug-likeness (QED) is 0.430. The van der Waals surface area contributed by atoms with Crippen molar-refractivity contribution in [1.82, 2.24) is 20.3 Å². The van der Waals surface area contributed by atoms with Crippen LogP contribution >= 0.6 is 0 Å². The maximum atomic E-state index is 4.47. The van der Waals surface area contributed by atoms with Gasteiger partial charge in [-0.25, -0.2) is 9.97 Å². The Morgan fingerprint density at radius 1 is 1.19 bits per heavy atom. The largest absolute Gasteiger partial charge is 0.351 e. The maximum absolute atomic E-state index is 4.47. The molecule has 1 saturated heterocycles. The Hall–Kier alpha value is -1.69. The molecule has 2 heterocycles. The third-order valence-electron chi connectivity index (χ3n) is 4.99. The zero-order valence-electron chi connectivity index (χ0n) is 16.9. The molecule has 0 spiro atoms. The van der Waals surface area contributed by atoms with Crippen LogP contribution in [0.25, 0.3) is 0 Å². The fourth-order valence-corrected chi connectivity index (χ4v) is 4.16. The Labute approximate surface area is 158 Å². The molecule has 0 radical (unpaired) electrons. The molecular weight excluding hydrogens is 324 g/mol. The van der Waals surface area contributed by atoms with Crippen molar-refractivity contribution in [1.29, 1.82) is 0 Å². The van der Waals surface area contributed by atoms with Crippen LogP contribution in [0.1, 0.15) is 72.6 Å². The number of nitrogens with one attached hydrogen (secondary N) is 3. The third-order valence-corrected chi connectivity index (χ3v) is 4.99. The molecule has 1 aliphatic heterocycles. The Morgan fingerprint density at radius 2 is 1.96 bits per heavy atom. The van der Waals surface area contributed by atoms with Gasteiger partial charge in [-0.3, -0.25) is 0 Å². The van der Waals surface area contributed by atoms with E-state index < -0.39 is 0 Å². The van der Waals surface area contributed by atoms with Crippen LogP contribution in [-0.2, 0) is 0 Å². The van der Waals surface area contributed by atoms with E-state index in [-0.39, 0.29) is 11.1 Å². The van der Waals surface area contributed by atoms with Crippen LogP contribution in [-0.4, -0.2) is 38.6 Å². The summed E-state index contributed by atoms with van der Waals surface area (Å²) in [5.41, 5.74) is 0.233. The third kappa shape index (κ3) is 6.56. The molecule has 3 N–H and O–H groups in total. The smallest absolute Gasteiger partial charge is 0.227 e. The van der Waals surface area contributed by atoms with Gasteiger partial charge in [0, 0.05) is 23.7 Å². The van der Waals surface area contributed by atoms with E-state index in [4.69, 9.17) is 0 Å². The second-order valence-electron chi connectivity index (χ2n) is 8.43. The highest BCUT2D eigenvalue weighted by Gasteiger charge is 2.40.